The topological polar surface area (TPSA) is 103 Å². The van der Waals surface area contributed by atoms with E-state index in [-0.39, 0.29) is 24.8 Å². The van der Waals surface area contributed by atoms with E-state index in [0.29, 0.717) is 17.0 Å². The molecule has 0 N–H and O–H groups in total. The van der Waals surface area contributed by atoms with Crippen molar-refractivity contribution in [3.05, 3.63) is 71.6 Å². The molecule has 2 aromatic carbocycles. The van der Waals surface area contributed by atoms with Gasteiger partial charge in [-0.15, -0.1) is 10.2 Å². The first-order chi connectivity index (χ1) is 15.0. The molecule has 0 saturated carbocycles. The summed E-state index contributed by atoms with van der Waals surface area (Å²) in [4.78, 5) is 39.5. The Bertz CT molecular complexity index is 1090. The Morgan fingerprint density at radius 1 is 0.968 bits per heavy atom. The van der Waals surface area contributed by atoms with Crippen molar-refractivity contribution in [2.75, 3.05) is 0 Å². The summed E-state index contributed by atoms with van der Waals surface area (Å²) in [6.07, 6.45) is 0.281. The van der Waals surface area contributed by atoms with Crippen molar-refractivity contribution in [2.24, 2.45) is 5.92 Å². The highest BCUT2D eigenvalue weighted by atomic mass is 16.5. The van der Waals surface area contributed by atoms with Crippen LogP contribution in [-0.4, -0.2) is 38.9 Å². The van der Waals surface area contributed by atoms with Crippen LogP contribution < -0.4 is 0 Å². The Kier molecular flexibility index (Phi) is 5.62. The Labute approximate surface area is 178 Å². The zero-order valence-corrected chi connectivity index (χ0v) is 17.1. The molecule has 1 aliphatic rings. The van der Waals surface area contributed by atoms with Crippen molar-refractivity contribution >= 4 is 17.8 Å². The minimum absolute atomic E-state index is 0.0509. The first-order valence-corrected chi connectivity index (χ1v) is 9.97. The Balaban J connectivity index is 1.49. The number of esters is 1. The molecule has 1 atom stereocenters. The number of aromatic nitrogens is 2. The number of carbonyl (C=O) groups is 3. The van der Waals surface area contributed by atoms with Crippen molar-refractivity contribution < 1.29 is 23.5 Å². The van der Waals surface area contributed by atoms with Crippen LogP contribution >= 0.6 is 0 Å². The SMILES string of the molecule is CC(C)C[C@@H](C(=O)OCc1nnc(-c2ccccc2)o1)N1C(=O)c2ccccc2C1=O. The molecule has 3 aromatic rings. The van der Waals surface area contributed by atoms with Gasteiger partial charge in [0, 0.05) is 5.56 Å². The van der Waals surface area contributed by atoms with E-state index in [1.807, 2.05) is 44.2 Å². The quantitative estimate of drug-likeness (QED) is 0.427. The van der Waals surface area contributed by atoms with Gasteiger partial charge in [0.2, 0.25) is 5.89 Å². The molecule has 4 rings (SSSR count). The minimum atomic E-state index is -1.04. The second-order valence-electron chi connectivity index (χ2n) is 7.65. The van der Waals surface area contributed by atoms with Crippen molar-refractivity contribution in [3.63, 3.8) is 0 Å². The molecule has 2 heterocycles. The normalized spacial score (nSPS) is 14.1. The van der Waals surface area contributed by atoms with E-state index < -0.39 is 23.8 Å². The molecule has 2 amide bonds. The van der Waals surface area contributed by atoms with E-state index in [2.05, 4.69) is 10.2 Å². The van der Waals surface area contributed by atoms with E-state index in [1.54, 1.807) is 24.3 Å². The van der Waals surface area contributed by atoms with Crippen LogP contribution in [-0.2, 0) is 16.1 Å². The zero-order chi connectivity index (χ0) is 22.0. The van der Waals surface area contributed by atoms with E-state index >= 15 is 0 Å². The molecule has 0 bridgehead atoms. The maximum atomic E-state index is 12.9. The van der Waals surface area contributed by atoms with E-state index in [4.69, 9.17) is 9.15 Å². The Morgan fingerprint density at radius 3 is 2.19 bits per heavy atom. The molecule has 0 saturated heterocycles. The smallest absolute Gasteiger partial charge is 0.329 e. The van der Waals surface area contributed by atoms with Crippen LogP contribution in [0.2, 0.25) is 0 Å². The van der Waals surface area contributed by atoms with Gasteiger partial charge < -0.3 is 9.15 Å². The maximum absolute atomic E-state index is 12.9. The summed E-state index contributed by atoms with van der Waals surface area (Å²) >= 11 is 0. The summed E-state index contributed by atoms with van der Waals surface area (Å²) in [5, 5.41) is 7.86. The van der Waals surface area contributed by atoms with Gasteiger partial charge in [0.1, 0.15) is 6.04 Å². The molecule has 1 aromatic heterocycles. The highest BCUT2D eigenvalue weighted by molar-refractivity contribution is 6.22. The first kappa shape index (κ1) is 20.5. The molecule has 31 heavy (non-hydrogen) atoms. The average molecular weight is 419 g/mol. The lowest BCUT2D eigenvalue weighted by Crippen LogP contribution is -2.46. The molecular weight excluding hydrogens is 398 g/mol. The van der Waals surface area contributed by atoms with Crippen molar-refractivity contribution in [1.82, 2.24) is 15.1 Å². The van der Waals surface area contributed by atoms with Crippen LogP contribution in [0.15, 0.2) is 59.0 Å². The standard InChI is InChI=1S/C23H21N3O5/c1-14(2)12-18(26-21(27)16-10-6-7-11-17(16)22(26)28)23(29)30-13-19-24-25-20(31-19)15-8-4-3-5-9-15/h3-11,14,18H,12-13H2,1-2H3/t18-/m0/s1. The third-order valence-corrected chi connectivity index (χ3v) is 4.93. The maximum Gasteiger partial charge on any atom is 0.329 e. The Hall–Kier alpha value is -3.81. The number of imide groups is 1. The molecular formula is C23H21N3O5. The molecule has 8 heteroatoms. The zero-order valence-electron chi connectivity index (χ0n) is 17.1. The van der Waals surface area contributed by atoms with Crippen LogP contribution in [0.1, 0.15) is 46.9 Å². The number of nitrogens with zero attached hydrogens (tertiary/aromatic N) is 3. The minimum Gasteiger partial charge on any atom is -0.454 e. The number of ether oxygens (including phenoxy) is 1. The summed E-state index contributed by atoms with van der Waals surface area (Å²) in [6.45, 7) is 3.56. The second-order valence-corrected chi connectivity index (χ2v) is 7.65. The van der Waals surface area contributed by atoms with Gasteiger partial charge in [-0.1, -0.05) is 44.2 Å². The van der Waals surface area contributed by atoms with Crippen LogP contribution in [0.3, 0.4) is 0 Å². The molecule has 8 nitrogen and oxygen atoms in total. The molecule has 1 aliphatic heterocycles. The average Bonchev–Trinajstić information content (AvgIpc) is 3.35. The first-order valence-electron chi connectivity index (χ1n) is 9.97. The monoisotopic (exact) mass is 419 g/mol. The molecule has 0 spiro atoms. The fraction of sp³-hybridized carbons (Fsp3) is 0.261. The fourth-order valence-corrected chi connectivity index (χ4v) is 3.48. The number of amides is 2. The summed E-state index contributed by atoms with van der Waals surface area (Å²) in [7, 11) is 0. The lowest BCUT2D eigenvalue weighted by atomic mass is 10.0. The molecule has 0 fully saturated rings. The molecule has 0 aliphatic carbocycles. The van der Waals surface area contributed by atoms with Crippen LogP contribution in [0.5, 0.6) is 0 Å². The number of hydrogen-bond donors (Lipinski definition) is 0. The summed E-state index contributed by atoms with van der Waals surface area (Å²) in [5.74, 6) is -1.19. The predicted octanol–water partition coefficient (Wildman–Crippen LogP) is 3.49. The van der Waals surface area contributed by atoms with Crippen LogP contribution in [0.25, 0.3) is 11.5 Å². The third kappa shape index (κ3) is 4.09. The fourth-order valence-electron chi connectivity index (χ4n) is 3.48. The van der Waals surface area contributed by atoms with Gasteiger partial charge in [0.15, 0.2) is 6.61 Å². The van der Waals surface area contributed by atoms with Crippen LogP contribution in [0.4, 0.5) is 0 Å². The van der Waals surface area contributed by atoms with E-state index in [9.17, 15) is 14.4 Å². The summed E-state index contributed by atoms with van der Waals surface area (Å²) < 4.78 is 10.9. The van der Waals surface area contributed by atoms with Gasteiger partial charge in [0.05, 0.1) is 11.1 Å². The predicted molar refractivity (Wildman–Crippen MR) is 110 cm³/mol. The summed E-state index contributed by atoms with van der Waals surface area (Å²) in [6, 6.07) is 14.7. The highest BCUT2D eigenvalue weighted by Gasteiger charge is 2.43. The summed E-state index contributed by atoms with van der Waals surface area (Å²) in [5.41, 5.74) is 1.33. The number of rotatable bonds is 7. The molecule has 0 radical (unpaired) electrons. The van der Waals surface area contributed by atoms with Gasteiger partial charge in [-0.2, -0.15) is 0 Å². The van der Waals surface area contributed by atoms with Gasteiger partial charge in [-0.3, -0.25) is 14.5 Å². The highest BCUT2D eigenvalue weighted by Crippen LogP contribution is 2.27. The number of fused-ring (bicyclic) bond motifs is 1. The Morgan fingerprint density at radius 2 is 1.58 bits per heavy atom. The van der Waals surface area contributed by atoms with E-state index in [1.165, 1.54) is 0 Å². The molecule has 158 valence electrons. The lowest BCUT2D eigenvalue weighted by molar-refractivity contribution is -0.151. The second kappa shape index (κ2) is 8.51. The van der Waals surface area contributed by atoms with Crippen molar-refractivity contribution in [2.45, 2.75) is 32.9 Å². The van der Waals surface area contributed by atoms with E-state index in [0.717, 1.165) is 10.5 Å². The van der Waals surface area contributed by atoms with Gasteiger partial charge >= 0.3 is 5.97 Å². The molecule has 0 unspecified atom stereocenters. The largest absolute Gasteiger partial charge is 0.454 e. The number of benzene rings is 2. The van der Waals surface area contributed by atoms with Crippen molar-refractivity contribution in [3.8, 4) is 11.5 Å². The third-order valence-electron chi connectivity index (χ3n) is 4.93. The lowest BCUT2D eigenvalue weighted by Gasteiger charge is -2.25. The number of hydrogen-bond acceptors (Lipinski definition) is 7. The van der Waals surface area contributed by atoms with Gasteiger partial charge in [-0.05, 0) is 36.6 Å². The van der Waals surface area contributed by atoms with Gasteiger partial charge in [-0.25, -0.2) is 4.79 Å². The van der Waals surface area contributed by atoms with Crippen LogP contribution in [0, 0.1) is 5.92 Å². The number of carbonyl (C=O) groups excluding carboxylic acids is 3. The van der Waals surface area contributed by atoms with Gasteiger partial charge in [0.25, 0.3) is 17.7 Å². The van der Waals surface area contributed by atoms with Crippen molar-refractivity contribution in [1.29, 1.82) is 0 Å².